The number of likely N-dealkylation sites (N-methyl/N-ethyl adjacent to an activating group) is 1. The number of rotatable bonds is 8. The van der Waals surface area contributed by atoms with E-state index < -0.39 is 18.2 Å². The molecule has 1 aromatic carbocycles. The largest absolute Gasteiger partial charge is 0.481 e. The fourth-order valence-electron chi connectivity index (χ4n) is 2.68. The molecular weight excluding hydrogens is 294 g/mol. The SMILES string of the molecule is CN(C)CCc1cn(C(O)C(N)CCC(=O)O)c2ccccc12. The number of carboxylic acid groups (broad SMARTS) is 1. The lowest BCUT2D eigenvalue weighted by Gasteiger charge is -2.20. The van der Waals surface area contributed by atoms with Gasteiger partial charge in [0.05, 0.1) is 11.6 Å². The summed E-state index contributed by atoms with van der Waals surface area (Å²) in [6, 6.07) is 7.25. The summed E-state index contributed by atoms with van der Waals surface area (Å²) in [5, 5.41) is 20.4. The van der Waals surface area contributed by atoms with Crippen LogP contribution >= 0.6 is 0 Å². The van der Waals surface area contributed by atoms with Gasteiger partial charge in [-0.2, -0.15) is 0 Å². The van der Waals surface area contributed by atoms with Crippen LogP contribution in [0.4, 0.5) is 0 Å². The zero-order valence-corrected chi connectivity index (χ0v) is 13.6. The average Bonchev–Trinajstić information content (AvgIpc) is 2.88. The quantitative estimate of drug-likeness (QED) is 0.684. The molecule has 2 unspecified atom stereocenters. The van der Waals surface area contributed by atoms with E-state index in [0.717, 1.165) is 29.4 Å². The Morgan fingerprint density at radius 3 is 2.70 bits per heavy atom. The first-order valence-corrected chi connectivity index (χ1v) is 7.78. The number of aromatic nitrogens is 1. The number of carboxylic acids is 1. The highest BCUT2D eigenvalue weighted by Crippen LogP contribution is 2.26. The average molecular weight is 319 g/mol. The van der Waals surface area contributed by atoms with Crippen LogP contribution in [0.25, 0.3) is 10.9 Å². The number of aliphatic hydroxyl groups is 1. The maximum Gasteiger partial charge on any atom is 0.303 e. The van der Waals surface area contributed by atoms with Crippen LogP contribution in [0.2, 0.25) is 0 Å². The minimum atomic E-state index is -0.938. The third-order valence-corrected chi connectivity index (χ3v) is 4.01. The van der Waals surface area contributed by atoms with Crippen LogP contribution in [-0.2, 0) is 11.2 Å². The van der Waals surface area contributed by atoms with Crippen molar-refractivity contribution in [3.05, 3.63) is 36.0 Å². The molecule has 1 heterocycles. The Morgan fingerprint density at radius 2 is 2.04 bits per heavy atom. The number of nitrogens with zero attached hydrogens (tertiary/aromatic N) is 2. The van der Waals surface area contributed by atoms with Gasteiger partial charge in [-0.25, -0.2) is 0 Å². The highest BCUT2D eigenvalue weighted by Gasteiger charge is 2.20. The van der Waals surface area contributed by atoms with Gasteiger partial charge >= 0.3 is 5.97 Å². The van der Waals surface area contributed by atoms with Gasteiger partial charge in [-0.15, -0.1) is 0 Å². The second-order valence-electron chi connectivity index (χ2n) is 6.14. The number of para-hydroxylation sites is 1. The molecular formula is C17H25N3O3. The second-order valence-corrected chi connectivity index (χ2v) is 6.14. The van der Waals surface area contributed by atoms with Gasteiger partial charge in [-0.3, -0.25) is 4.79 Å². The summed E-state index contributed by atoms with van der Waals surface area (Å²) >= 11 is 0. The van der Waals surface area contributed by atoms with E-state index in [9.17, 15) is 9.90 Å². The number of aliphatic hydroxyl groups excluding tert-OH is 1. The lowest BCUT2D eigenvalue weighted by molar-refractivity contribution is -0.137. The molecule has 0 fully saturated rings. The van der Waals surface area contributed by atoms with Crippen LogP contribution in [0.3, 0.4) is 0 Å². The molecule has 0 aliphatic rings. The van der Waals surface area contributed by atoms with Crippen molar-refractivity contribution in [1.82, 2.24) is 9.47 Å². The molecule has 0 spiro atoms. The predicted molar refractivity (Wildman–Crippen MR) is 90.3 cm³/mol. The van der Waals surface area contributed by atoms with Crippen LogP contribution in [-0.4, -0.2) is 52.3 Å². The van der Waals surface area contributed by atoms with Gasteiger partial charge in [0, 0.05) is 24.5 Å². The van der Waals surface area contributed by atoms with Gasteiger partial charge in [0.15, 0.2) is 0 Å². The minimum absolute atomic E-state index is 0.0507. The molecule has 2 atom stereocenters. The maximum absolute atomic E-state index is 10.7. The van der Waals surface area contributed by atoms with E-state index in [4.69, 9.17) is 10.8 Å². The van der Waals surface area contributed by atoms with E-state index in [0.29, 0.717) is 0 Å². The molecule has 0 radical (unpaired) electrons. The fourth-order valence-corrected chi connectivity index (χ4v) is 2.68. The van der Waals surface area contributed by atoms with Crippen LogP contribution in [0, 0.1) is 0 Å². The summed E-state index contributed by atoms with van der Waals surface area (Å²) in [7, 11) is 4.05. The number of hydrogen-bond donors (Lipinski definition) is 3. The first-order valence-electron chi connectivity index (χ1n) is 7.78. The number of benzene rings is 1. The summed E-state index contributed by atoms with van der Waals surface area (Å²) in [4.78, 5) is 12.8. The Hall–Kier alpha value is -1.89. The van der Waals surface area contributed by atoms with Crippen LogP contribution < -0.4 is 5.73 Å². The number of nitrogens with two attached hydrogens (primary N) is 1. The Labute approximate surface area is 136 Å². The maximum atomic E-state index is 10.7. The van der Waals surface area contributed by atoms with Gasteiger partial charge in [0.2, 0.25) is 0 Å². The Balaban J connectivity index is 2.27. The van der Waals surface area contributed by atoms with E-state index in [-0.39, 0.29) is 12.8 Å². The number of carbonyl (C=O) groups is 1. The third kappa shape index (κ3) is 4.31. The predicted octanol–water partition coefficient (Wildman–Crippen LogP) is 1.43. The van der Waals surface area contributed by atoms with Crippen molar-refractivity contribution in [2.24, 2.45) is 5.73 Å². The topological polar surface area (TPSA) is 91.7 Å². The van der Waals surface area contributed by atoms with E-state index in [1.165, 1.54) is 0 Å². The van der Waals surface area contributed by atoms with Crippen LogP contribution in [0.1, 0.15) is 24.6 Å². The lowest BCUT2D eigenvalue weighted by Crippen LogP contribution is -2.32. The number of fused-ring (bicyclic) bond motifs is 1. The highest BCUT2D eigenvalue weighted by atomic mass is 16.4. The normalized spacial score (nSPS) is 14.3. The van der Waals surface area contributed by atoms with Crippen molar-refractivity contribution in [2.75, 3.05) is 20.6 Å². The summed E-state index contributed by atoms with van der Waals surface area (Å²) in [5.41, 5.74) is 8.05. The molecule has 0 amide bonds. The first kappa shape index (κ1) is 17.5. The number of hydrogen-bond acceptors (Lipinski definition) is 4. The first-order chi connectivity index (χ1) is 10.9. The van der Waals surface area contributed by atoms with Crippen molar-refractivity contribution in [2.45, 2.75) is 31.5 Å². The van der Waals surface area contributed by atoms with Crippen molar-refractivity contribution in [3.8, 4) is 0 Å². The molecule has 126 valence electrons. The third-order valence-electron chi connectivity index (χ3n) is 4.01. The van der Waals surface area contributed by atoms with Crippen LogP contribution in [0.15, 0.2) is 30.5 Å². The van der Waals surface area contributed by atoms with E-state index >= 15 is 0 Å². The lowest BCUT2D eigenvalue weighted by atomic mass is 10.1. The molecule has 6 heteroatoms. The van der Waals surface area contributed by atoms with Crippen molar-refractivity contribution in [1.29, 1.82) is 0 Å². The Kier molecular flexibility index (Phi) is 5.76. The van der Waals surface area contributed by atoms with Crippen LogP contribution in [0.5, 0.6) is 0 Å². The highest BCUT2D eigenvalue weighted by molar-refractivity contribution is 5.84. The zero-order chi connectivity index (χ0) is 17.0. The molecule has 23 heavy (non-hydrogen) atoms. The summed E-state index contributed by atoms with van der Waals surface area (Å²) < 4.78 is 1.76. The van der Waals surface area contributed by atoms with Gasteiger partial charge in [0.25, 0.3) is 0 Å². The minimum Gasteiger partial charge on any atom is -0.481 e. The molecule has 2 aromatic rings. The molecule has 2 rings (SSSR count). The summed E-state index contributed by atoms with van der Waals surface area (Å²) in [6.07, 6.45) is 2.05. The fraction of sp³-hybridized carbons (Fsp3) is 0.471. The van der Waals surface area contributed by atoms with Crippen molar-refractivity contribution < 1.29 is 15.0 Å². The van der Waals surface area contributed by atoms with Gasteiger partial charge in [-0.1, -0.05) is 18.2 Å². The van der Waals surface area contributed by atoms with Crippen molar-refractivity contribution in [3.63, 3.8) is 0 Å². The number of aliphatic carboxylic acids is 1. The standard InChI is InChI=1S/C17H25N3O3/c1-19(2)10-9-12-11-20(15-6-4-3-5-13(12)15)17(23)14(18)7-8-16(21)22/h3-6,11,14,17,23H,7-10,18H2,1-2H3,(H,21,22). The molecule has 6 nitrogen and oxygen atoms in total. The van der Waals surface area contributed by atoms with Gasteiger partial charge in [0.1, 0.15) is 6.23 Å². The van der Waals surface area contributed by atoms with Gasteiger partial charge in [-0.05, 0) is 38.6 Å². The zero-order valence-electron chi connectivity index (χ0n) is 13.6. The van der Waals surface area contributed by atoms with Gasteiger partial charge < -0.3 is 25.4 Å². The molecule has 1 aromatic heterocycles. The molecule has 0 saturated carbocycles. The Morgan fingerprint density at radius 1 is 1.35 bits per heavy atom. The second kappa shape index (κ2) is 7.59. The molecule has 0 aliphatic carbocycles. The van der Waals surface area contributed by atoms with E-state index in [1.54, 1.807) is 4.57 Å². The smallest absolute Gasteiger partial charge is 0.303 e. The monoisotopic (exact) mass is 319 g/mol. The van der Waals surface area contributed by atoms with E-state index in [1.807, 2.05) is 44.6 Å². The molecule has 0 bridgehead atoms. The molecule has 4 N–H and O–H groups in total. The van der Waals surface area contributed by atoms with Crippen molar-refractivity contribution >= 4 is 16.9 Å². The summed E-state index contributed by atoms with van der Waals surface area (Å²) in [5.74, 6) is -0.906. The summed E-state index contributed by atoms with van der Waals surface area (Å²) in [6.45, 7) is 0.912. The van der Waals surface area contributed by atoms with E-state index in [2.05, 4.69) is 4.90 Å². The molecule has 0 aliphatic heterocycles. The Bertz CT molecular complexity index is 666. The molecule has 0 saturated heterocycles.